The van der Waals surface area contributed by atoms with Crippen LogP contribution in [0, 0.1) is 5.92 Å². The topological polar surface area (TPSA) is 67.4 Å². The summed E-state index contributed by atoms with van der Waals surface area (Å²) in [7, 11) is -3.39. The van der Waals surface area contributed by atoms with Crippen molar-refractivity contribution in [1.82, 2.24) is 10.0 Å². The summed E-state index contributed by atoms with van der Waals surface area (Å²) in [5.74, 6) is 0.274. The second-order valence-electron chi connectivity index (χ2n) is 5.91. The Morgan fingerprint density at radius 1 is 1.38 bits per heavy atom. The number of hydrogen-bond acceptors (Lipinski definition) is 5. The van der Waals surface area contributed by atoms with Gasteiger partial charge in [0.05, 0.1) is 6.10 Å². The minimum atomic E-state index is -3.39. The number of hydrogen-bond donors (Lipinski definition) is 2. The zero-order chi connectivity index (χ0) is 14.9. The molecular weight excluding hydrogens is 308 g/mol. The number of ether oxygens (including phenoxy) is 1. The quantitative estimate of drug-likeness (QED) is 0.798. The van der Waals surface area contributed by atoms with Gasteiger partial charge in [-0.15, -0.1) is 11.3 Å². The van der Waals surface area contributed by atoms with Crippen LogP contribution in [0.25, 0.3) is 0 Å². The van der Waals surface area contributed by atoms with Crippen LogP contribution in [0.4, 0.5) is 0 Å². The van der Waals surface area contributed by atoms with Gasteiger partial charge in [-0.2, -0.15) is 0 Å². The molecule has 2 heterocycles. The van der Waals surface area contributed by atoms with Gasteiger partial charge in [-0.1, -0.05) is 0 Å². The molecule has 2 aliphatic rings. The van der Waals surface area contributed by atoms with E-state index in [-0.39, 0.29) is 12.0 Å². The van der Waals surface area contributed by atoms with Crippen molar-refractivity contribution in [2.24, 2.45) is 5.92 Å². The molecule has 21 heavy (non-hydrogen) atoms. The Morgan fingerprint density at radius 2 is 2.19 bits per heavy atom. The summed E-state index contributed by atoms with van der Waals surface area (Å²) in [6.07, 6.45) is 3.52. The SMILES string of the molecule is CC1OCCC1CNS(=O)(=O)c1cc(CNC2CC2)cs1. The number of rotatable bonds is 7. The van der Waals surface area contributed by atoms with Crippen molar-refractivity contribution in [2.75, 3.05) is 13.2 Å². The van der Waals surface area contributed by atoms with E-state index in [1.54, 1.807) is 6.07 Å². The Kier molecular flexibility index (Phi) is 4.66. The van der Waals surface area contributed by atoms with E-state index in [2.05, 4.69) is 10.0 Å². The summed E-state index contributed by atoms with van der Waals surface area (Å²) in [4.78, 5) is 0. The second-order valence-corrected chi connectivity index (χ2v) is 8.81. The maximum absolute atomic E-state index is 12.3. The van der Waals surface area contributed by atoms with E-state index in [9.17, 15) is 8.42 Å². The molecule has 1 aliphatic heterocycles. The highest BCUT2D eigenvalue weighted by atomic mass is 32.2. The van der Waals surface area contributed by atoms with E-state index in [4.69, 9.17) is 4.74 Å². The molecule has 2 atom stereocenters. The molecule has 1 aromatic rings. The zero-order valence-electron chi connectivity index (χ0n) is 12.2. The lowest BCUT2D eigenvalue weighted by Gasteiger charge is -2.14. The predicted octanol–water partition coefficient (Wildman–Crippen LogP) is 1.70. The Hall–Kier alpha value is -0.470. The van der Waals surface area contributed by atoms with Crippen LogP contribution in [0.2, 0.25) is 0 Å². The first-order valence-electron chi connectivity index (χ1n) is 7.46. The standard InChI is InChI=1S/C14H22N2O3S2/c1-10-12(4-5-19-10)8-16-21(17,18)14-6-11(9-20-14)7-15-13-2-3-13/h6,9-10,12-13,15-16H,2-5,7-8H2,1H3. The highest BCUT2D eigenvalue weighted by Crippen LogP contribution is 2.24. The highest BCUT2D eigenvalue weighted by Gasteiger charge is 2.27. The molecule has 1 aromatic heterocycles. The Morgan fingerprint density at radius 3 is 2.86 bits per heavy atom. The van der Waals surface area contributed by atoms with Crippen LogP contribution in [0.5, 0.6) is 0 Å². The summed E-state index contributed by atoms with van der Waals surface area (Å²) in [6, 6.07) is 2.41. The van der Waals surface area contributed by atoms with Gasteiger partial charge in [-0.25, -0.2) is 13.1 Å². The molecule has 5 nitrogen and oxygen atoms in total. The van der Waals surface area contributed by atoms with Crippen LogP contribution < -0.4 is 10.0 Å². The molecular formula is C14H22N2O3S2. The molecule has 0 radical (unpaired) electrons. The van der Waals surface area contributed by atoms with Crippen molar-refractivity contribution in [3.63, 3.8) is 0 Å². The minimum absolute atomic E-state index is 0.134. The molecule has 2 N–H and O–H groups in total. The first-order chi connectivity index (χ1) is 10.0. The summed E-state index contributed by atoms with van der Waals surface area (Å²) in [5, 5.41) is 5.32. The van der Waals surface area contributed by atoms with E-state index < -0.39 is 10.0 Å². The molecule has 1 aliphatic carbocycles. The predicted molar refractivity (Wildman–Crippen MR) is 82.9 cm³/mol. The van der Waals surface area contributed by atoms with Crippen molar-refractivity contribution in [2.45, 2.75) is 49.1 Å². The third-order valence-corrected chi connectivity index (χ3v) is 7.05. The molecule has 0 aromatic carbocycles. The van der Waals surface area contributed by atoms with Crippen LogP contribution in [-0.2, 0) is 21.3 Å². The fourth-order valence-electron chi connectivity index (χ4n) is 2.47. The summed E-state index contributed by atoms with van der Waals surface area (Å²) < 4.78 is 33.2. The van der Waals surface area contributed by atoms with E-state index in [0.717, 1.165) is 25.1 Å². The molecule has 0 spiro atoms. The first-order valence-corrected chi connectivity index (χ1v) is 9.83. The van der Waals surface area contributed by atoms with Crippen LogP contribution in [0.15, 0.2) is 15.7 Å². The molecule has 118 valence electrons. The third-order valence-electron chi connectivity index (χ3n) is 4.14. The fraction of sp³-hybridized carbons (Fsp3) is 0.714. The lowest BCUT2D eigenvalue weighted by atomic mass is 10.0. The van der Waals surface area contributed by atoms with Gasteiger partial charge in [-0.05, 0) is 43.2 Å². The van der Waals surface area contributed by atoms with Gasteiger partial charge < -0.3 is 10.1 Å². The molecule has 3 rings (SSSR count). The normalized spacial score (nSPS) is 26.3. The second kappa shape index (κ2) is 6.34. The van der Waals surface area contributed by atoms with Gasteiger partial charge >= 0.3 is 0 Å². The van der Waals surface area contributed by atoms with Gasteiger partial charge in [0.2, 0.25) is 10.0 Å². The molecule has 0 bridgehead atoms. The largest absolute Gasteiger partial charge is 0.378 e. The summed E-state index contributed by atoms with van der Waals surface area (Å²) >= 11 is 1.29. The third kappa shape index (κ3) is 4.04. The zero-order valence-corrected chi connectivity index (χ0v) is 13.8. The fourth-order valence-corrected chi connectivity index (χ4v) is 4.82. The van der Waals surface area contributed by atoms with Crippen molar-refractivity contribution >= 4 is 21.4 Å². The monoisotopic (exact) mass is 330 g/mol. The van der Waals surface area contributed by atoms with E-state index in [1.165, 1.54) is 24.2 Å². The molecule has 1 saturated heterocycles. The van der Waals surface area contributed by atoms with E-state index >= 15 is 0 Å². The molecule has 7 heteroatoms. The molecule has 2 unspecified atom stereocenters. The number of nitrogens with one attached hydrogen (secondary N) is 2. The van der Waals surface area contributed by atoms with Gasteiger partial charge in [0, 0.05) is 31.7 Å². The molecule has 2 fully saturated rings. The maximum atomic E-state index is 12.3. The maximum Gasteiger partial charge on any atom is 0.250 e. The smallest absolute Gasteiger partial charge is 0.250 e. The van der Waals surface area contributed by atoms with Gasteiger partial charge in [0.15, 0.2) is 0 Å². The average molecular weight is 330 g/mol. The summed E-state index contributed by atoms with van der Waals surface area (Å²) in [5.41, 5.74) is 1.05. The van der Waals surface area contributed by atoms with Crippen LogP contribution in [0.1, 0.15) is 31.7 Å². The first kappa shape index (κ1) is 15.4. The van der Waals surface area contributed by atoms with Gasteiger partial charge in [0.1, 0.15) is 4.21 Å². The molecule has 0 amide bonds. The van der Waals surface area contributed by atoms with Crippen molar-refractivity contribution < 1.29 is 13.2 Å². The van der Waals surface area contributed by atoms with Crippen molar-refractivity contribution in [3.8, 4) is 0 Å². The molecule has 1 saturated carbocycles. The van der Waals surface area contributed by atoms with Crippen LogP contribution in [-0.4, -0.2) is 33.7 Å². The Labute approximate surface area is 130 Å². The summed E-state index contributed by atoms with van der Waals surface area (Å²) in [6.45, 7) is 3.93. The average Bonchev–Trinajstić information content (AvgIpc) is 2.98. The lowest BCUT2D eigenvalue weighted by molar-refractivity contribution is 0.107. The van der Waals surface area contributed by atoms with E-state index in [1.807, 2.05) is 12.3 Å². The number of thiophene rings is 1. The lowest BCUT2D eigenvalue weighted by Crippen LogP contribution is -2.31. The van der Waals surface area contributed by atoms with Crippen molar-refractivity contribution in [3.05, 3.63) is 17.0 Å². The number of sulfonamides is 1. The van der Waals surface area contributed by atoms with Crippen molar-refractivity contribution in [1.29, 1.82) is 0 Å². The van der Waals surface area contributed by atoms with Crippen LogP contribution >= 0.6 is 11.3 Å². The minimum Gasteiger partial charge on any atom is -0.378 e. The Bertz CT molecular complexity index is 581. The Balaban J connectivity index is 1.55. The van der Waals surface area contributed by atoms with Crippen LogP contribution in [0.3, 0.4) is 0 Å². The van der Waals surface area contributed by atoms with Gasteiger partial charge in [-0.3, -0.25) is 0 Å². The van der Waals surface area contributed by atoms with E-state index in [0.29, 0.717) is 16.8 Å². The highest BCUT2D eigenvalue weighted by molar-refractivity contribution is 7.91. The van der Waals surface area contributed by atoms with Gasteiger partial charge in [0.25, 0.3) is 0 Å².